The van der Waals surface area contributed by atoms with Crippen LogP contribution in [0.2, 0.25) is 0 Å². The van der Waals surface area contributed by atoms with Crippen LogP contribution in [0.3, 0.4) is 0 Å². The first-order valence-electron chi connectivity index (χ1n) is 7.71. The third-order valence-corrected chi connectivity index (χ3v) is 4.79. The van der Waals surface area contributed by atoms with Crippen molar-refractivity contribution in [1.82, 2.24) is 9.47 Å². The highest BCUT2D eigenvalue weighted by atomic mass is 35.5. The highest BCUT2D eigenvalue weighted by molar-refractivity contribution is 5.85. The van der Waals surface area contributed by atoms with E-state index in [4.69, 9.17) is 5.73 Å². The molecule has 3 heterocycles. The van der Waals surface area contributed by atoms with Gasteiger partial charge < -0.3 is 15.2 Å². The van der Waals surface area contributed by atoms with E-state index in [0.717, 1.165) is 18.7 Å². The molecule has 0 spiro atoms. The summed E-state index contributed by atoms with van der Waals surface area (Å²) < 4.78 is 1.88. The van der Waals surface area contributed by atoms with Crippen LogP contribution in [0.25, 0.3) is 0 Å². The van der Waals surface area contributed by atoms with E-state index in [1.54, 1.807) is 6.07 Å². The summed E-state index contributed by atoms with van der Waals surface area (Å²) in [5.74, 6) is 0.815. The van der Waals surface area contributed by atoms with Crippen molar-refractivity contribution in [2.45, 2.75) is 38.8 Å². The van der Waals surface area contributed by atoms with Gasteiger partial charge in [0.15, 0.2) is 0 Å². The Morgan fingerprint density at radius 3 is 2.68 bits per heavy atom. The first-order valence-corrected chi connectivity index (χ1v) is 7.71. The number of likely N-dealkylation sites (tertiary alicyclic amines) is 1. The zero-order valence-corrected chi connectivity index (χ0v) is 13.9. The Hall–Kier alpha value is -1.33. The molecule has 2 aliphatic heterocycles. The minimum absolute atomic E-state index is 0. The zero-order valence-electron chi connectivity index (χ0n) is 13.1. The molecule has 0 saturated carbocycles. The molecule has 1 fully saturated rings. The fourth-order valence-corrected chi connectivity index (χ4v) is 3.57. The van der Waals surface area contributed by atoms with Crippen molar-refractivity contribution in [2.75, 3.05) is 13.1 Å². The summed E-state index contributed by atoms with van der Waals surface area (Å²) in [6, 6.07) is 5.01. The second kappa shape index (κ2) is 6.42. The molecule has 0 aliphatic carbocycles. The van der Waals surface area contributed by atoms with Crippen molar-refractivity contribution < 1.29 is 4.79 Å². The summed E-state index contributed by atoms with van der Waals surface area (Å²) in [6.45, 7) is 6.06. The molecule has 1 amide bonds. The lowest BCUT2D eigenvalue weighted by Crippen LogP contribution is -2.54. The van der Waals surface area contributed by atoms with E-state index in [2.05, 4.69) is 0 Å². The lowest BCUT2D eigenvalue weighted by molar-refractivity contribution is -0.136. The largest absolute Gasteiger partial charge is 0.340 e. The molecule has 122 valence electrons. The molecule has 6 heteroatoms. The van der Waals surface area contributed by atoms with Crippen LogP contribution in [0.1, 0.15) is 31.9 Å². The van der Waals surface area contributed by atoms with Crippen LogP contribution in [0.5, 0.6) is 0 Å². The average Bonchev–Trinajstić information content (AvgIpc) is 2.46. The summed E-state index contributed by atoms with van der Waals surface area (Å²) in [4.78, 5) is 26.4. The minimum atomic E-state index is -0.429. The number of pyridine rings is 1. The third kappa shape index (κ3) is 2.92. The van der Waals surface area contributed by atoms with Crippen molar-refractivity contribution in [3.05, 3.63) is 34.2 Å². The van der Waals surface area contributed by atoms with Gasteiger partial charge in [-0.1, -0.05) is 19.9 Å². The van der Waals surface area contributed by atoms with Gasteiger partial charge in [-0.05, 0) is 24.3 Å². The average molecular weight is 326 g/mol. The Kier molecular flexibility index (Phi) is 4.97. The second-order valence-corrected chi connectivity index (χ2v) is 6.71. The number of hydrogen-bond acceptors (Lipinski definition) is 3. The maximum Gasteiger partial charge on any atom is 0.250 e. The molecule has 2 bridgehead atoms. The number of hydrogen-bond donors (Lipinski definition) is 1. The standard InChI is InChI=1S/C16H23N3O2.ClH/c1-10(2)15(17)16(21)18-7-11-6-12(9-18)13-4-3-5-14(20)19(13)8-11;/h3-5,10-12,15H,6-9,17H2,1-2H3;1H/t11-,12+,15+;/m1./s1. The lowest BCUT2D eigenvalue weighted by atomic mass is 9.82. The topological polar surface area (TPSA) is 68.3 Å². The lowest BCUT2D eigenvalue weighted by Gasteiger charge is -2.43. The van der Waals surface area contributed by atoms with Crippen LogP contribution in [-0.4, -0.2) is 34.5 Å². The predicted octanol–water partition coefficient (Wildman–Crippen LogP) is 1.20. The van der Waals surface area contributed by atoms with E-state index in [1.807, 2.05) is 35.4 Å². The summed E-state index contributed by atoms with van der Waals surface area (Å²) in [5.41, 5.74) is 7.15. The number of carbonyl (C=O) groups excluding carboxylic acids is 1. The van der Waals surface area contributed by atoms with Crippen molar-refractivity contribution >= 4 is 18.3 Å². The smallest absolute Gasteiger partial charge is 0.250 e. The highest BCUT2D eigenvalue weighted by Crippen LogP contribution is 2.35. The van der Waals surface area contributed by atoms with Gasteiger partial charge in [-0.15, -0.1) is 12.4 Å². The first kappa shape index (κ1) is 17.0. The monoisotopic (exact) mass is 325 g/mol. The van der Waals surface area contributed by atoms with Gasteiger partial charge in [0.25, 0.3) is 5.56 Å². The minimum Gasteiger partial charge on any atom is -0.340 e. The van der Waals surface area contributed by atoms with Gasteiger partial charge >= 0.3 is 0 Å². The molecule has 22 heavy (non-hydrogen) atoms. The molecule has 3 atom stereocenters. The Labute approximate surface area is 136 Å². The van der Waals surface area contributed by atoms with Crippen LogP contribution >= 0.6 is 12.4 Å². The highest BCUT2D eigenvalue weighted by Gasteiger charge is 2.37. The van der Waals surface area contributed by atoms with E-state index in [9.17, 15) is 9.59 Å². The van der Waals surface area contributed by atoms with Crippen LogP contribution in [0.4, 0.5) is 0 Å². The van der Waals surface area contributed by atoms with Crippen molar-refractivity contribution in [2.24, 2.45) is 17.6 Å². The van der Waals surface area contributed by atoms with Gasteiger partial charge in [0.2, 0.25) is 5.91 Å². The summed E-state index contributed by atoms with van der Waals surface area (Å²) >= 11 is 0. The fraction of sp³-hybridized carbons (Fsp3) is 0.625. The molecular weight excluding hydrogens is 302 g/mol. The number of aromatic nitrogens is 1. The molecule has 0 unspecified atom stereocenters. The Balaban J connectivity index is 0.00000176. The number of fused-ring (bicyclic) bond motifs is 4. The quantitative estimate of drug-likeness (QED) is 0.888. The molecule has 2 aliphatic rings. The molecule has 1 saturated heterocycles. The van der Waals surface area contributed by atoms with Gasteiger partial charge in [0.05, 0.1) is 6.04 Å². The van der Waals surface area contributed by atoms with Crippen LogP contribution in [0, 0.1) is 11.8 Å². The number of carbonyl (C=O) groups is 1. The molecule has 3 rings (SSSR count). The van der Waals surface area contributed by atoms with E-state index < -0.39 is 6.04 Å². The normalized spacial score (nSPS) is 24.5. The molecule has 1 aromatic heterocycles. The number of halogens is 1. The Bertz CT molecular complexity index is 614. The number of nitrogens with zero attached hydrogens (tertiary/aromatic N) is 2. The van der Waals surface area contributed by atoms with Crippen LogP contribution in [0.15, 0.2) is 23.0 Å². The van der Waals surface area contributed by atoms with E-state index in [1.165, 1.54) is 0 Å². The van der Waals surface area contributed by atoms with Crippen molar-refractivity contribution in [1.29, 1.82) is 0 Å². The Morgan fingerprint density at radius 1 is 1.27 bits per heavy atom. The van der Waals surface area contributed by atoms with Gasteiger partial charge in [0, 0.05) is 37.3 Å². The van der Waals surface area contributed by atoms with Crippen LogP contribution in [-0.2, 0) is 11.3 Å². The summed E-state index contributed by atoms with van der Waals surface area (Å²) in [7, 11) is 0. The summed E-state index contributed by atoms with van der Waals surface area (Å²) in [5, 5.41) is 0. The zero-order chi connectivity index (χ0) is 15.1. The van der Waals surface area contributed by atoms with Gasteiger partial charge in [-0.3, -0.25) is 9.59 Å². The maximum absolute atomic E-state index is 12.5. The van der Waals surface area contributed by atoms with Crippen molar-refractivity contribution in [3.63, 3.8) is 0 Å². The number of piperidine rings is 1. The first-order chi connectivity index (χ1) is 9.97. The van der Waals surface area contributed by atoms with Gasteiger partial charge in [0.1, 0.15) is 0 Å². The van der Waals surface area contributed by atoms with E-state index in [-0.39, 0.29) is 35.7 Å². The number of amides is 1. The number of rotatable bonds is 2. The third-order valence-electron chi connectivity index (χ3n) is 4.79. The van der Waals surface area contributed by atoms with Gasteiger partial charge in [-0.25, -0.2) is 0 Å². The summed E-state index contributed by atoms with van der Waals surface area (Å²) in [6.07, 6.45) is 1.06. The van der Waals surface area contributed by atoms with E-state index >= 15 is 0 Å². The molecule has 0 radical (unpaired) electrons. The maximum atomic E-state index is 12.5. The fourth-order valence-electron chi connectivity index (χ4n) is 3.57. The van der Waals surface area contributed by atoms with E-state index in [0.29, 0.717) is 19.0 Å². The van der Waals surface area contributed by atoms with Gasteiger partial charge in [-0.2, -0.15) is 0 Å². The SMILES string of the molecule is CC(C)[C@H](N)C(=O)N1C[C@H]2C[C@@H](C1)c1cccc(=O)n1C2.Cl. The molecule has 0 aromatic carbocycles. The number of nitrogens with two attached hydrogens (primary N) is 1. The Morgan fingerprint density at radius 2 is 2.00 bits per heavy atom. The molecule has 2 N–H and O–H groups in total. The molecule has 5 nitrogen and oxygen atoms in total. The molecular formula is C16H24ClN3O2. The second-order valence-electron chi connectivity index (χ2n) is 6.71. The predicted molar refractivity (Wildman–Crippen MR) is 88.2 cm³/mol. The molecule has 1 aromatic rings. The van der Waals surface area contributed by atoms with Crippen LogP contribution < -0.4 is 11.3 Å². The van der Waals surface area contributed by atoms with Crippen molar-refractivity contribution in [3.8, 4) is 0 Å².